The molecule has 1 N–H and O–H groups in total. The zero-order valence-corrected chi connectivity index (χ0v) is 13.3. The number of aromatic nitrogens is 2. The number of H-pyrrole nitrogens is 1. The van der Waals surface area contributed by atoms with Gasteiger partial charge in [0.1, 0.15) is 16.3 Å². The molecule has 0 bridgehead atoms. The molecule has 0 atom stereocenters. The molecule has 1 heterocycles. The highest BCUT2D eigenvalue weighted by molar-refractivity contribution is 9.10. The predicted octanol–water partition coefficient (Wildman–Crippen LogP) is 5.14. The van der Waals surface area contributed by atoms with E-state index in [1.807, 2.05) is 6.07 Å². The maximum absolute atomic E-state index is 13.6. The highest BCUT2D eigenvalue weighted by atomic mass is 79.9. The van der Waals surface area contributed by atoms with Crippen LogP contribution < -0.4 is 0 Å². The van der Waals surface area contributed by atoms with Crippen molar-refractivity contribution in [3.8, 4) is 11.4 Å². The van der Waals surface area contributed by atoms with E-state index in [0.717, 1.165) is 10.2 Å². The number of hydrogen-bond acceptors (Lipinski definition) is 2. The van der Waals surface area contributed by atoms with Crippen molar-refractivity contribution in [3.05, 3.63) is 44.4 Å². The van der Waals surface area contributed by atoms with E-state index in [2.05, 4.69) is 39.7 Å². The fourth-order valence-electron chi connectivity index (χ4n) is 1.75. The van der Waals surface area contributed by atoms with Crippen LogP contribution in [-0.4, -0.2) is 9.97 Å². The summed E-state index contributed by atoms with van der Waals surface area (Å²) < 4.78 is 14.9. The van der Waals surface area contributed by atoms with Gasteiger partial charge >= 0.3 is 0 Å². The van der Waals surface area contributed by atoms with Gasteiger partial charge in [-0.15, -0.1) is 0 Å². The van der Waals surface area contributed by atoms with E-state index in [9.17, 15) is 4.39 Å². The summed E-state index contributed by atoms with van der Waals surface area (Å²) in [5.41, 5.74) is 2.28. The Labute approximate surface area is 125 Å². The van der Waals surface area contributed by atoms with Gasteiger partial charge in [0.15, 0.2) is 0 Å². The molecule has 5 heteroatoms. The maximum atomic E-state index is 13.6. The molecule has 1 aromatic carbocycles. The van der Waals surface area contributed by atoms with Crippen LogP contribution in [0, 0.1) is 17.4 Å². The van der Waals surface area contributed by atoms with Crippen molar-refractivity contribution in [2.45, 2.75) is 26.7 Å². The van der Waals surface area contributed by atoms with Crippen LogP contribution in [0.1, 0.15) is 31.0 Å². The standard InChI is InChI=1S/C14H14BrFN2S/c1-7(2)12-11(15)14(19)18-13(17-12)9-5-4-8(3)10(16)6-9/h4-7H,1-3H3,(H,17,18,19). The molecule has 2 rings (SSSR count). The van der Waals surface area contributed by atoms with Gasteiger partial charge in [0.25, 0.3) is 0 Å². The smallest absolute Gasteiger partial charge is 0.144 e. The summed E-state index contributed by atoms with van der Waals surface area (Å²) in [4.78, 5) is 7.53. The molecule has 100 valence electrons. The Morgan fingerprint density at radius 1 is 1.37 bits per heavy atom. The van der Waals surface area contributed by atoms with Gasteiger partial charge in [-0.1, -0.05) is 38.2 Å². The Hall–Kier alpha value is -1.07. The number of nitrogens with one attached hydrogen (secondary N) is 1. The predicted molar refractivity (Wildman–Crippen MR) is 81.3 cm³/mol. The van der Waals surface area contributed by atoms with Gasteiger partial charge < -0.3 is 4.98 Å². The normalized spacial score (nSPS) is 11.1. The SMILES string of the molecule is Cc1ccc(-c2nc(=S)c(Br)c(C(C)C)[nH]2)cc1F. The van der Waals surface area contributed by atoms with Gasteiger partial charge in [0.2, 0.25) is 0 Å². The molecular weight excluding hydrogens is 327 g/mol. The third kappa shape index (κ3) is 2.92. The van der Waals surface area contributed by atoms with Gasteiger partial charge in [-0.2, -0.15) is 0 Å². The molecular formula is C14H14BrFN2S. The second-order valence-corrected chi connectivity index (χ2v) is 5.92. The van der Waals surface area contributed by atoms with Crippen LogP contribution in [0.3, 0.4) is 0 Å². The third-order valence-electron chi connectivity index (χ3n) is 2.91. The molecule has 1 aromatic heterocycles. The fraction of sp³-hybridized carbons (Fsp3) is 0.286. The zero-order valence-electron chi connectivity index (χ0n) is 10.9. The first kappa shape index (κ1) is 14.3. The lowest BCUT2D eigenvalue weighted by Crippen LogP contribution is -2.00. The Bertz CT molecular complexity index is 680. The summed E-state index contributed by atoms with van der Waals surface area (Å²) in [6, 6.07) is 5.05. The number of halogens is 2. The first-order chi connectivity index (χ1) is 8.90. The second-order valence-electron chi connectivity index (χ2n) is 4.74. The molecule has 0 saturated carbocycles. The Morgan fingerprint density at radius 2 is 2.05 bits per heavy atom. The average molecular weight is 341 g/mol. The van der Waals surface area contributed by atoms with Crippen LogP contribution in [0.25, 0.3) is 11.4 Å². The van der Waals surface area contributed by atoms with Crippen LogP contribution in [0.5, 0.6) is 0 Å². The molecule has 0 aliphatic rings. The minimum Gasteiger partial charge on any atom is -0.342 e. The number of aryl methyl sites for hydroxylation is 1. The monoisotopic (exact) mass is 340 g/mol. The summed E-state index contributed by atoms with van der Waals surface area (Å²) >= 11 is 8.68. The van der Waals surface area contributed by atoms with E-state index >= 15 is 0 Å². The molecule has 0 unspecified atom stereocenters. The van der Waals surface area contributed by atoms with E-state index in [-0.39, 0.29) is 11.7 Å². The van der Waals surface area contributed by atoms with Crippen molar-refractivity contribution >= 4 is 28.1 Å². The van der Waals surface area contributed by atoms with E-state index in [1.165, 1.54) is 6.07 Å². The zero-order chi connectivity index (χ0) is 14.2. The molecule has 0 spiro atoms. The Balaban J connectivity index is 2.63. The molecule has 0 aliphatic carbocycles. The third-order valence-corrected chi connectivity index (χ3v) is 4.27. The summed E-state index contributed by atoms with van der Waals surface area (Å²) in [5, 5.41) is 0. The molecule has 2 aromatic rings. The lowest BCUT2D eigenvalue weighted by Gasteiger charge is -2.11. The van der Waals surface area contributed by atoms with Gasteiger partial charge in [0.05, 0.1) is 4.47 Å². The van der Waals surface area contributed by atoms with E-state index < -0.39 is 0 Å². The average Bonchev–Trinajstić information content (AvgIpc) is 2.35. The molecule has 0 radical (unpaired) electrons. The van der Waals surface area contributed by atoms with Gasteiger partial charge in [-0.05, 0) is 40.4 Å². The molecule has 19 heavy (non-hydrogen) atoms. The highest BCUT2D eigenvalue weighted by Gasteiger charge is 2.11. The number of hydrogen-bond donors (Lipinski definition) is 1. The topological polar surface area (TPSA) is 28.7 Å². The highest BCUT2D eigenvalue weighted by Crippen LogP contribution is 2.27. The minimum atomic E-state index is -0.243. The van der Waals surface area contributed by atoms with Crippen LogP contribution in [0.2, 0.25) is 0 Å². The molecule has 0 fully saturated rings. The number of aromatic amines is 1. The maximum Gasteiger partial charge on any atom is 0.144 e. The second kappa shape index (κ2) is 5.51. The number of rotatable bonds is 2. The molecule has 0 amide bonds. The number of benzene rings is 1. The molecule has 0 saturated heterocycles. The van der Waals surface area contributed by atoms with Crippen LogP contribution in [0.4, 0.5) is 4.39 Å². The van der Waals surface area contributed by atoms with Gasteiger partial charge in [-0.3, -0.25) is 0 Å². The van der Waals surface area contributed by atoms with E-state index in [0.29, 0.717) is 21.6 Å². The first-order valence-corrected chi connectivity index (χ1v) is 7.16. The lowest BCUT2D eigenvalue weighted by atomic mass is 10.1. The fourth-order valence-corrected chi connectivity index (χ4v) is 2.60. The quantitative estimate of drug-likeness (QED) is 0.766. The van der Waals surface area contributed by atoms with Crippen molar-refractivity contribution in [2.75, 3.05) is 0 Å². The first-order valence-electron chi connectivity index (χ1n) is 5.96. The van der Waals surface area contributed by atoms with Crippen molar-refractivity contribution < 1.29 is 4.39 Å². The summed E-state index contributed by atoms with van der Waals surface area (Å²) in [5.74, 6) is 0.622. The summed E-state index contributed by atoms with van der Waals surface area (Å²) in [7, 11) is 0. The van der Waals surface area contributed by atoms with Gasteiger partial charge in [-0.25, -0.2) is 9.37 Å². The molecule has 0 aliphatic heterocycles. The van der Waals surface area contributed by atoms with Crippen molar-refractivity contribution in [2.24, 2.45) is 0 Å². The Kier molecular flexibility index (Phi) is 4.16. The van der Waals surface area contributed by atoms with Crippen molar-refractivity contribution in [1.29, 1.82) is 0 Å². The van der Waals surface area contributed by atoms with Crippen LogP contribution in [0.15, 0.2) is 22.7 Å². The summed E-state index contributed by atoms with van der Waals surface area (Å²) in [6.45, 7) is 5.85. The van der Waals surface area contributed by atoms with E-state index in [4.69, 9.17) is 12.2 Å². The van der Waals surface area contributed by atoms with Crippen LogP contribution in [-0.2, 0) is 0 Å². The largest absolute Gasteiger partial charge is 0.342 e. The van der Waals surface area contributed by atoms with Crippen molar-refractivity contribution in [1.82, 2.24) is 9.97 Å². The molecule has 2 nitrogen and oxygen atoms in total. The Morgan fingerprint density at radius 3 is 2.63 bits per heavy atom. The van der Waals surface area contributed by atoms with E-state index in [1.54, 1.807) is 13.0 Å². The minimum absolute atomic E-state index is 0.243. The van der Waals surface area contributed by atoms with Crippen molar-refractivity contribution in [3.63, 3.8) is 0 Å². The number of nitrogens with zero attached hydrogens (tertiary/aromatic N) is 1. The van der Waals surface area contributed by atoms with Crippen LogP contribution >= 0.6 is 28.1 Å². The lowest BCUT2D eigenvalue weighted by molar-refractivity contribution is 0.619. The summed E-state index contributed by atoms with van der Waals surface area (Å²) in [6.07, 6.45) is 0. The van der Waals surface area contributed by atoms with Gasteiger partial charge in [0, 0.05) is 11.3 Å².